The Hall–Kier alpha value is -2.11. The topological polar surface area (TPSA) is 44.0 Å². The summed E-state index contributed by atoms with van der Waals surface area (Å²) in [5.74, 6) is 0. The molecule has 0 aliphatic rings. The predicted molar refractivity (Wildman–Crippen MR) is 70.8 cm³/mol. The van der Waals surface area contributed by atoms with E-state index in [1.165, 1.54) is 0 Å². The number of nitrogens with zero attached hydrogens (tertiary/aromatic N) is 1. The maximum atomic E-state index is 10.5. The molecule has 18 heavy (non-hydrogen) atoms. The van der Waals surface area contributed by atoms with E-state index in [-0.39, 0.29) is 0 Å². The summed E-state index contributed by atoms with van der Waals surface area (Å²) in [6.45, 7) is 1.76. The second-order valence-corrected chi connectivity index (χ2v) is 4.49. The summed E-state index contributed by atoms with van der Waals surface area (Å²) >= 11 is 0. The van der Waals surface area contributed by atoms with Crippen LogP contribution in [0.25, 0.3) is 0 Å². The van der Waals surface area contributed by atoms with Crippen LogP contribution in [0, 0.1) is 11.3 Å². The van der Waals surface area contributed by atoms with Gasteiger partial charge in [0.05, 0.1) is 6.07 Å². The average Bonchev–Trinajstić information content (AvgIpc) is 2.47. The summed E-state index contributed by atoms with van der Waals surface area (Å²) < 4.78 is 0. The highest BCUT2D eigenvalue weighted by molar-refractivity contribution is 5.37. The number of aliphatic hydroxyl groups is 1. The summed E-state index contributed by atoms with van der Waals surface area (Å²) in [6, 6.07) is 20.9. The van der Waals surface area contributed by atoms with Gasteiger partial charge in [-0.3, -0.25) is 0 Å². The van der Waals surface area contributed by atoms with Gasteiger partial charge in [0.25, 0.3) is 0 Å². The van der Waals surface area contributed by atoms with Crippen LogP contribution in [-0.2, 0) is 5.41 Å². The van der Waals surface area contributed by atoms with Crippen molar-refractivity contribution in [3.05, 3.63) is 71.8 Å². The van der Waals surface area contributed by atoms with Gasteiger partial charge in [0.1, 0.15) is 11.5 Å². The van der Waals surface area contributed by atoms with E-state index in [2.05, 4.69) is 6.07 Å². The van der Waals surface area contributed by atoms with Crippen molar-refractivity contribution in [3.8, 4) is 6.07 Å². The van der Waals surface area contributed by atoms with Crippen LogP contribution >= 0.6 is 0 Å². The predicted octanol–water partition coefficient (Wildman–Crippen LogP) is 3.20. The van der Waals surface area contributed by atoms with Gasteiger partial charge in [-0.1, -0.05) is 60.7 Å². The van der Waals surface area contributed by atoms with Gasteiger partial charge in [-0.25, -0.2) is 0 Å². The van der Waals surface area contributed by atoms with Crippen molar-refractivity contribution in [2.75, 3.05) is 0 Å². The quantitative estimate of drug-likeness (QED) is 0.890. The first-order valence-electron chi connectivity index (χ1n) is 5.88. The number of rotatable bonds is 3. The molecule has 0 radical (unpaired) electrons. The van der Waals surface area contributed by atoms with E-state index in [9.17, 15) is 10.4 Å². The second kappa shape index (κ2) is 5.03. The molecule has 2 aromatic rings. The fourth-order valence-corrected chi connectivity index (χ4v) is 2.04. The molecule has 0 bridgehead atoms. The largest absolute Gasteiger partial charge is 0.386 e. The van der Waals surface area contributed by atoms with Crippen molar-refractivity contribution >= 4 is 0 Å². The molecule has 2 atom stereocenters. The normalized spacial score (nSPS) is 15.4. The summed E-state index contributed by atoms with van der Waals surface area (Å²) in [4.78, 5) is 0. The van der Waals surface area contributed by atoms with E-state index in [1.807, 2.05) is 60.7 Å². The highest BCUT2D eigenvalue weighted by Gasteiger charge is 2.35. The van der Waals surface area contributed by atoms with Gasteiger partial charge in [0.2, 0.25) is 0 Å². The van der Waals surface area contributed by atoms with Crippen molar-refractivity contribution in [2.45, 2.75) is 18.4 Å². The molecule has 0 amide bonds. The smallest absolute Gasteiger partial charge is 0.109 e. The lowest BCUT2D eigenvalue weighted by molar-refractivity contribution is 0.119. The van der Waals surface area contributed by atoms with Crippen LogP contribution in [0.1, 0.15) is 24.2 Å². The molecule has 0 heterocycles. The lowest BCUT2D eigenvalue weighted by Gasteiger charge is -2.28. The molecule has 0 spiro atoms. The minimum atomic E-state index is -0.942. The first-order chi connectivity index (χ1) is 8.68. The molecule has 0 aromatic heterocycles. The van der Waals surface area contributed by atoms with Gasteiger partial charge < -0.3 is 5.11 Å². The molecular weight excluding hydrogens is 222 g/mol. The summed E-state index contributed by atoms with van der Waals surface area (Å²) in [5.41, 5.74) is 0.636. The van der Waals surface area contributed by atoms with E-state index < -0.39 is 11.5 Å². The molecule has 1 N–H and O–H groups in total. The molecule has 0 saturated heterocycles. The summed E-state index contributed by atoms with van der Waals surface area (Å²) in [5, 5.41) is 19.9. The third kappa shape index (κ3) is 2.13. The minimum absolute atomic E-state index is 0.755. The lowest BCUT2D eigenvalue weighted by atomic mass is 9.76. The maximum Gasteiger partial charge on any atom is 0.109 e. The molecule has 0 fully saturated rings. The third-order valence-corrected chi connectivity index (χ3v) is 3.27. The number of hydrogen-bond acceptors (Lipinski definition) is 2. The highest BCUT2D eigenvalue weighted by Crippen LogP contribution is 2.36. The standard InChI is InChI=1S/C16H15NO/c1-16(12-17,14-10-6-3-7-11-14)15(18)13-8-4-2-5-9-13/h2-11,15,18H,1H3/t15-,16-/m0/s1. The molecule has 2 aromatic carbocycles. The van der Waals surface area contributed by atoms with Crippen LogP contribution in [0.4, 0.5) is 0 Å². The highest BCUT2D eigenvalue weighted by atomic mass is 16.3. The van der Waals surface area contributed by atoms with Crippen LogP contribution in [0.2, 0.25) is 0 Å². The Morgan fingerprint density at radius 3 is 2.00 bits per heavy atom. The van der Waals surface area contributed by atoms with Gasteiger partial charge >= 0.3 is 0 Å². The van der Waals surface area contributed by atoms with Crippen LogP contribution in [0.15, 0.2) is 60.7 Å². The zero-order valence-electron chi connectivity index (χ0n) is 10.2. The van der Waals surface area contributed by atoms with Crippen LogP contribution in [0.3, 0.4) is 0 Å². The molecule has 2 rings (SSSR count). The molecule has 2 nitrogen and oxygen atoms in total. The first kappa shape index (κ1) is 12.3. The van der Waals surface area contributed by atoms with Gasteiger partial charge in [0, 0.05) is 0 Å². The Labute approximate surface area is 107 Å². The average molecular weight is 237 g/mol. The maximum absolute atomic E-state index is 10.5. The Morgan fingerprint density at radius 1 is 1.00 bits per heavy atom. The van der Waals surface area contributed by atoms with Crippen molar-refractivity contribution in [1.29, 1.82) is 5.26 Å². The second-order valence-electron chi connectivity index (χ2n) is 4.49. The lowest BCUT2D eigenvalue weighted by Crippen LogP contribution is -2.28. The number of benzene rings is 2. The van der Waals surface area contributed by atoms with E-state index in [4.69, 9.17) is 0 Å². The molecule has 0 aliphatic carbocycles. The third-order valence-electron chi connectivity index (χ3n) is 3.27. The Morgan fingerprint density at radius 2 is 1.50 bits per heavy atom. The fourth-order valence-electron chi connectivity index (χ4n) is 2.04. The van der Waals surface area contributed by atoms with Gasteiger partial charge in [-0.15, -0.1) is 0 Å². The first-order valence-corrected chi connectivity index (χ1v) is 5.88. The van der Waals surface area contributed by atoms with Crippen molar-refractivity contribution in [3.63, 3.8) is 0 Å². The van der Waals surface area contributed by atoms with E-state index in [1.54, 1.807) is 6.92 Å². The minimum Gasteiger partial charge on any atom is -0.386 e. The fraction of sp³-hybridized carbons (Fsp3) is 0.188. The van der Waals surface area contributed by atoms with Gasteiger partial charge in [-0.05, 0) is 18.1 Å². The zero-order chi connectivity index (χ0) is 13.0. The Balaban J connectivity index is 2.43. The summed E-state index contributed by atoms with van der Waals surface area (Å²) in [6.07, 6.45) is -0.842. The number of hydrogen-bond donors (Lipinski definition) is 1. The van der Waals surface area contributed by atoms with Crippen molar-refractivity contribution < 1.29 is 5.11 Å². The Kier molecular flexibility index (Phi) is 3.45. The zero-order valence-corrected chi connectivity index (χ0v) is 10.2. The van der Waals surface area contributed by atoms with E-state index in [0.29, 0.717) is 0 Å². The van der Waals surface area contributed by atoms with Gasteiger partial charge in [0.15, 0.2) is 0 Å². The number of aliphatic hydroxyl groups excluding tert-OH is 1. The van der Waals surface area contributed by atoms with Crippen molar-refractivity contribution in [1.82, 2.24) is 0 Å². The molecule has 0 unspecified atom stereocenters. The van der Waals surface area contributed by atoms with Crippen LogP contribution < -0.4 is 0 Å². The van der Waals surface area contributed by atoms with Crippen molar-refractivity contribution in [2.24, 2.45) is 0 Å². The molecule has 90 valence electrons. The molecule has 0 saturated carbocycles. The monoisotopic (exact) mass is 237 g/mol. The van der Waals surface area contributed by atoms with Crippen LogP contribution in [-0.4, -0.2) is 5.11 Å². The summed E-state index contributed by atoms with van der Waals surface area (Å²) in [7, 11) is 0. The molecule has 2 heteroatoms. The van der Waals surface area contributed by atoms with E-state index >= 15 is 0 Å². The SMILES string of the molecule is C[C@](C#N)(c1ccccc1)[C@@H](O)c1ccccc1. The van der Waals surface area contributed by atoms with E-state index in [0.717, 1.165) is 11.1 Å². The Bertz CT molecular complexity index is 544. The number of nitriles is 1. The molecular formula is C16H15NO. The molecule has 0 aliphatic heterocycles. The van der Waals surface area contributed by atoms with Crippen LogP contribution in [0.5, 0.6) is 0 Å². The van der Waals surface area contributed by atoms with Gasteiger partial charge in [-0.2, -0.15) is 5.26 Å².